The Balaban J connectivity index is 1.69. The fourth-order valence-electron chi connectivity index (χ4n) is 2.97. The number of nitrogens with zero attached hydrogens (tertiary/aromatic N) is 2. The molecule has 27 heavy (non-hydrogen) atoms. The van der Waals surface area contributed by atoms with E-state index in [2.05, 4.69) is 33.5 Å². The summed E-state index contributed by atoms with van der Waals surface area (Å²) in [5, 5.41) is 14.2. The first-order valence-corrected chi connectivity index (χ1v) is 9.41. The van der Waals surface area contributed by atoms with Crippen LogP contribution in [0.2, 0.25) is 0 Å². The highest BCUT2D eigenvalue weighted by atomic mass is 32.1. The quantitative estimate of drug-likeness (QED) is 0.517. The molecule has 136 valence electrons. The van der Waals surface area contributed by atoms with E-state index in [1.165, 1.54) is 0 Å². The van der Waals surface area contributed by atoms with Gasteiger partial charge in [0.1, 0.15) is 22.7 Å². The lowest BCUT2D eigenvalue weighted by Gasteiger charge is -2.18. The van der Waals surface area contributed by atoms with Crippen molar-refractivity contribution in [2.45, 2.75) is 6.04 Å². The summed E-state index contributed by atoms with van der Waals surface area (Å²) in [6.45, 7) is -0.0612. The molecule has 0 saturated heterocycles. The van der Waals surface area contributed by atoms with Gasteiger partial charge in [-0.3, -0.25) is 0 Å². The fourth-order valence-corrected chi connectivity index (χ4v) is 3.98. The molecule has 5 nitrogen and oxygen atoms in total. The zero-order chi connectivity index (χ0) is 18.6. The van der Waals surface area contributed by atoms with Gasteiger partial charge in [0.25, 0.3) is 0 Å². The Hall–Kier alpha value is -2.96. The van der Waals surface area contributed by atoms with Crippen LogP contribution in [0.3, 0.4) is 0 Å². The highest BCUT2D eigenvalue weighted by molar-refractivity contribution is 7.21. The van der Waals surface area contributed by atoms with Crippen LogP contribution < -0.4 is 10.1 Å². The van der Waals surface area contributed by atoms with E-state index in [1.807, 2.05) is 42.5 Å². The van der Waals surface area contributed by atoms with Gasteiger partial charge in [0.2, 0.25) is 0 Å². The number of fused-ring (bicyclic) bond motifs is 1. The molecular formula is C21H19N3O2S. The van der Waals surface area contributed by atoms with Crippen LogP contribution in [0, 0.1) is 0 Å². The molecule has 0 fully saturated rings. The van der Waals surface area contributed by atoms with E-state index in [0.29, 0.717) is 5.82 Å². The molecule has 4 aromatic rings. The second-order valence-corrected chi connectivity index (χ2v) is 7.10. The standard InChI is InChI=1S/C21H19N3O2S/c1-26-16-9-5-8-15(10-16)18(12-25)24-20-17-11-19(14-6-3-2-4-7-14)27-21(17)23-13-22-20/h2-11,13,18,25H,12H2,1H3,(H,22,23,24). The fraction of sp³-hybridized carbons (Fsp3) is 0.143. The highest BCUT2D eigenvalue weighted by Gasteiger charge is 2.16. The number of aliphatic hydroxyl groups excluding tert-OH is 1. The van der Waals surface area contributed by atoms with Crippen LogP contribution in [0.4, 0.5) is 5.82 Å². The van der Waals surface area contributed by atoms with Crippen molar-refractivity contribution in [2.24, 2.45) is 0 Å². The third-order valence-electron chi connectivity index (χ3n) is 4.38. The van der Waals surface area contributed by atoms with Crippen LogP contribution in [0.5, 0.6) is 5.75 Å². The van der Waals surface area contributed by atoms with Gasteiger partial charge in [-0.25, -0.2) is 9.97 Å². The predicted octanol–water partition coefficient (Wildman–Crippen LogP) is 4.51. The number of aromatic nitrogens is 2. The Bertz CT molecular complexity index is 1050. The molecular weight excluding hydrogens is 358 g/mol. The summed E-state index contributed by atoms with van der Waals surface area (Å²) in [5.41, 5.74) is 2.08. The molecule has 1 atom stereocenters. The first-order valence-electron chi connectivity index (χ1n) is 8.60. The van der Waals surface area contributed by atoms with E-state index < -0.39 is 0 Å². The summed E-state index contributed by atoms with van der Waals surface area (Å²) < 4.78 is 5.29. The number of anilines is 1. The first-order chi connectivity index (χ1) is 13.3. The molecule has 2 heterocycles. The van der Waals surface area contributed by atoms with Crippen LogP contribution in [0.25, 0.3) is 20.7 Å². The lowest BCUT2D eigenvalue weighted by Crippen LogP contribution is -2.16. The minimum absolute atomic E-state index is 0.0612. The van der Waals surface area contributed by atoms with Crippen molar-refractivity contribution in [2.75, 3.05) is 19.0 Å². The molecule has 0 amide bonds. The molecule has 0 aliphatic carbocycles. The minimum atomic E-state index is -0.293. The summed E-state index contributed by atoms with van der Waals surface area (Å²) >= 11 is 1.63. The Morgan fingerprint density at radius 1 is 1.07 bits per heavy atom. The average molecular weight is 377 g/mol. The summed E-state index contributed by atoms with van der Waals surface area (Å²) in [7, 11) is 1.63. The summed E-state index contributed by atoms with van der Waals surface area (Å²) in [6.07, 6.45) is 1.55. The van der Waals surface area contributed by atoms with Gasteiger partial charge in [-0.1, -0.05) is 42.5 Å². The van der Waals surface area contributed by atoms with Gasteiger partial charge >= 0.3 is 0 Å². The number of benzene rings is 2. The van der Waals surface area contributed by atoms with Crippen molar-refractivity contribution >= 4 is 27.4 Å². The number of ether oxygens (including phenoxy) is 1. The monoisotopic (exact) mass is 377 g/mol. The van der Waals surface area contributed by atoms with E-state index in [4.69, 9.17) is 4.74 Å². The van der Waals surface area contributed by atoms with Crippen molar-refractivity contribution in [1.29, 1.82) is 0 Å². The lowest BCUT2D eigenvalue weighted by atomic mass is 10.1. The van der Waals surface area contributed by atoms with Gasteiger partial charge < -0.3 is 15.2 Å². The third-order valence-corrected chi connectivity index (χ3v) is 5.47. The number of rotatable bonds is 6. The number of thiophene rings is 1. The van der Waals surface area contributed by atoms with E-state index in [1.54, 1.807) is 24.8 Å². The molecule has 4 rings (SSSR count). The number of hydrogen-bond acceptors (Lipinski definition) is 6. The number of nitrogens with one attached hydrogen (secondary N) is 1. The minimum Gasteiger partial charge on any atom is -0.497 e. The van der Waals surface area contributed by atoms with Gasteiger partial charge in [0.05, 0.1) is 25.1 Å². The number of methoxy groups -OCH3 is 1. The van der Waals surface area contributed by atoms with Gasteiger partial charge in [-0.05, 0) is 29.3 Å². The molecule has 0 bridgehead atoms. The Morgan fingerprint density at radius 3 is 2.70 bits per heavy atom. The van der Waals surface area contributed by atoms with Crippen LogP contribution in [-0.2, 0) is 0 Å². The van der Waals surface area contributed by atoms with Crippen molar-refractivity contribution < 1.29 is 9.84 Å². The molecule has 0 radical (unpaired) electrons. The average Bonchev–Trinajstić information content (AvgIpc) is 3.18. The summed E-state index contributed by atoms with van der Waals surface area (Å²) in [6, 6.07) is 19.7. The van der Waals surface area contributed by atoms with E-state index in [9.17, 15) is 5.11 Å². The van der Waals surface area contributed by atoms with E-state index >= 15 is 0 Å². The summed E-state index contributed by atoms with van der Waals surface area (Å²) in [4.78, 5) is 10.9. The third kappa shape index (κ3) is 3.63. The summed E-state index contributed by atoms with van der Waals surface area (Å²) in [5.74, 6) is 1.46. The first kappa shape index (κ1) is 17.5. The molecule has 1 unspecified atom stereocenters. The van der Waals surface area contributed by atoms with Gasteiger partial charge in [0, 0.05) is 4.88 Å². The van der Waals surface area contributed by atoms with Crippen LogP contribution in [0.1, 0.15) is 11.6 Å². The normalized spacial score (nSPS) is 12.1. The molecule has 2 N–H and O–H groups in total. The molecule has 0 saturated carbocycles. The molecule has 0 aliphatic rings. The van der Waals surface area contributed by atoms with Gasteiger partial charge in [-0.15, -0.1) is 11.3 Å². The maximum atomic E-state index is 9.92. The molecule has 2 aromatic heterocycles. The van der Waals surface area contributed by atoms with Gasteiger partial charge in [-0.2, -0.15) is 0 Å². The lowest BCUT2D eigenvalue weighted by molar-refractivity contribution is 0.276. The Labute approximate surface area is 161 Å². The van der Waals surface area contributed by atoms with Crippen LogP contribution >= 0.6 is 11.3 Å². The van der Waals surface area contributed by atoms with E-state index in [-0.39, 0.29) is 12.6 Å². The zero-order valence-corrected chi connectivity index (χ0v) is 15.6. The topological polar surface area (TPSA) is 67.3 Å². The van der Waals surface area contributed by atoms with E-state index in [0.717, 1.165) is 32.0 Å². The maximum absolute atomic E-state index is 9.92. The number of aliphatic hydroxyl groups is 1. The van der Waals surface area contributed by atoms with Crippen molar-refractivity contribution in [3.63, 3.8) is 0 Å². The van der Waals surface area contributed by atoms with Crippen molar-refractivity contribution in [1.82, 2.24) is 9.97 Å². The van der Waals surface area contributed by atoms with Crippen LogP contribution in [-0.4, -0.2) is 28.8 Å². The number of hydrogen-bond donors (Lipinski definition) is 2. The molecule has 6 heteroatoms. The van der Waals surface area contributed by atoms with Crippen LogP contribution in [0.15, 0.2) is 67.0 Å². The van der Waals surface area contributed by atoms with Crippen molar-refractivity contribution in [3.05, 3.63) is 72.6 Å². The second-order valence-electron chi connectivity index (χ2n) is 6.07. The largest absolute Gasteiger partial charge is 0.497 e. The second kappa shape index (κ2) is 7.73. The van der Waals surface area contributed by atoms with Gasteiger partial charge in [0.15, 0.2) is 0 Å². The molecule has 2 aromatic carbocycles. The maximum Gasteiger partial charge on any atom is 0.138 e. The Kier molecular flexibility index (Phi) is 5.00. The SMILES string of the molecule is COc1cccc(C(CO)Nc2ncnc3sc(-c4ccccc4)cc23)c1. The zero-order valence-electron chi connectivity index (χ0n) is 14.8. The molecule has 0 aliphatic heterocycles. The van der Waals surface area contributed by atoms with Crippen molar-refractivity contribution in [3.8, 4) is 16.2 Å². The highest BCUT2D eigenvalue weighted by Crippen LogP contribution is 2.35. The Morgan fingerprint density at radius 2 is 1.93 bits per heavy atom. The predicted molar refractivity (Wildman–Crippen MR) is 109 cm³/mol. The smallest absolute Gasteiger partial charge is 0.138 e. The molecule has 0 spiro atoms.